The Bertz CT molecular complexity index is 685. The fourth-order valence-corrected chi connectivity index (χ4v) is 5.38. The van der Waals surface area contributed by atoms with E-state index in [1.807, 2.05) is 12.1 Å². The van der Waals surface area contributed by atoms with Crippen LogP contribution in [0.1, 0.15) is 63.4 Å². The lowest BCUT2D eigenvalue weighted by Gasteiger charge is -2.42. The van der Waals surface area contributed by atoms with Crippen LogP contribution in [0.15, 0.2) is 48.5 Å². The minimum absolute atomic E-state index is 0.777. The maximum atomic E-state index is 6.00. The van der Waals surface area contributed by atoms with Crippen LogP contribution in [0, 0.1) is 17.8 Å². The van der Waals surface area contributed by atoms with Crippen LogP contribution in [0.4, 0.5) is 0 Å². The molecule has 0 aliphatic heterocycles. The molecule has 2 aliphatic carbocycles. The standard InChI is InChI=1S/C24H29Cl/c1-2-17-3-4-23-16-22(10-9-21(23)15-17)20-7-5-18(6-8-20)19-11-13-24(25)14-12-19/h5-8,11-14,17,21-23H,2-4,9-10,15-16H2,1H3/t17?,21-,22-,23-/m1/s1. The highest BCUT2D eigenvalue weighted by Crippen LogP contribution is 2.48. The van der Waals surface area contributed by atoms with Gasteiger partial charge in [-0.15, -0.1) is 0 Å². The molecule has 25 heavy (non-hydrogen) atoms. The lowest BCUT2D eigenvalue weighted by atomic mass is 9.63. The summed E-state index contributed by atoms with van der Waals surface area (Å²) < 4.78 is 0. The summed E-state index contributed by atoms with van der Waals surface area (Å²) in [4.78, 5) is 0. The van der Waals surface area contributed by atoms with E-state index in [4.69, 9.17) is 11.6 Å². The van der Waals surface area contributed by atoms with Crippen LogP contribution in [0.5, 0.6) is 0 Å². The number of benzene rings is 2. The normalized spacial score (nSPS) is 29.2. The summed E-state index contributed by atoms with van der Waals surface area (Å²) in [7, 11) is 0. The molecular weight excluding hydrogens is 324 g/mol. The van der Waals surface area contributed by atoms with Gasteiger partial charge < -0.3 is 0 Å². The average Bonchev–Trinajstić information content (AvgIpc) is 2.68. The van der Waals surface area contributed by atoms with Crippen LogP contribution >= 0.6 is 11.6 Å². The van der Waals surface area contributed by atoms with E-state index in [-0.39, 0.29) is 0 Å². The minimum atomic E-state index is 0.777. The summed E-state index contributed by atoms with van der Waals surface area (Å²) in [5.41, 5.74) is 4.09. The van der Waals surface area contributed by atoms with Gasteiger partial charge in [0.2, 0.25) is 0 Å². The van der Waals surface area contributed by atoms with Crippen LogP contribution in [-0.4, -0.2) is 0 Å². The summed E-state index contributed by atoms with van der Waals surface area (Å²) >= 11 is 6.00. The number of hydrogen-bond donors (Lipinski definition) is 0. The Kier molecular flexibility index (Phi) is 5.17. The van der Waals surface area contributed by atoms with E-state index < -0.39 is 0 Å². The molecule has 1 unspecified atom stereocenters. The molecule has 0 N–H and O–H groups in total. The number of hydrogen-bond acceptors (Lipinski definition) is 0. The first-order valence-electron chi connectivity index (χ1n) is 10.1. The minimum Gasteiger partial charge on any atom is -0.0843 e. The van der Waals surface area contributed by atoms with E-state index in [9.17, 15) is 0 Å². The van der Waals surface area contributed by atoms with Crippen LogP contribution in [0.25, 0.3) is 11.1 Å². The molecule has 4 rings (SSSR count). The Balaban J connectivity index is 1.43. The van der Waals surface area contributed by atoms with E-state index in [1.54, 1.807) is 5.56 Å². The van der Waals surface area contributed by atoms with Crippen LogP contribution in [-0.2, 0) is 0 Å². The van der Waals surface area contributed by atoms with Crippen molar-refractivity contribution in [3.63, 3.8) is 0 Å². The maximum Gasteiger partial charge on any atom is 0.0406 e. The van der Waals surface area contributed by atoms with Crippen molar-refractivity contribution in [2.75, 3.05) is 0 Å². The SMILES string of the molecule is CCC1CC[C@@H]2C[C@H](c3ccc(-c4ccc(Cl)cc4)cc3)CC[C@@H]2C1. The number of rotatable bonds is 3. The zero-order valence-corrected chi connectivity index (χ0v) is 16.0. The van der Waals surface area contributed by atoms with Gasteiger partial charge in [-0.05, 0) is 84.6 Å². The van der Waals surface area contributed by atoms with Gasteiger partial charge in [0.25, 0.3) is 0 Å². The highest BCUT2D eigenvalue weighted by atomic mass is 35.5. The van der Waals surface area contributed by atoms with E-state index in [2.05, 4.69) is 43.3 Å². The largest absolute Gasteiger partial charge is 0.0843 e. The third-order valence-electron chi connectivity index (χ3n) is 6.86. The topological polar surface area (TPSA) is 0 Å². The Morgan fingerprint density at radius 2 is 1.36 bits per heavy atom. The fourth-order valence-electron chi connectivity index (χ4n) is 5.25. The summed E-state index contributed by atoms with van der Waals surface area (Å²) in [5, 5.41) is 0.801. The highest BCUT2D eigenvalue weighted by Gasteiger charge is 2.35. The van der Waals surface area contributed by atoms with E-state index in [0.717, 1.165) is 28.7 Å². The first kappa shape index (κ1) is 17.2. The van der Waals surface area contributed by atoms with E-state index >= 15 is 0 Å². The summed E-state index contributed by atoms with van der Waals surface area (Å²) in [6.07, 6.45) is 10.1. The molecule has 0 heterocycles. The molecule has 0 spiro atoms. The molecule has 4 atom stereocenters. The predicted octanol–water partition coefficient (Wildman–Crippen LogP) is 7.72. The molecule has 132 valence electrons. The van der Waals surface area contributed by atoms with Gasteiger partial charge in [0.15, 0.2) is 0 Å². The van der Waals surface area contributed by atoms with Crippen LogP contribution < -0.4 is 0 Å². The second-order valence-corrected chi connectivity index (χ2v) is 8.68. The van der Waals surface area contributed by atoms with Gasteiger partial charge in [0.1, 0.15) is 0 Å². The predicted molar refractivity (Wildman–Crippen MR) is 108 cm³/mol. The monoisotopic (exact) mass is 352 g/mol. The second kappa shape index (κ2) is 7.54. The van der Waals surface area contributed by atoms with E-state index in [1.165, 1.54) is 56.1 Å². The van der Waals surface area contributed by atoms with Gasteiger partial charge in [-0.3, -0.25) is 0 Å². The molecule has 2 aliphatic rings. The smallest absolute Gasteiger partial charge is 0.0406 e. The third kappa shape index (κ3) is 3.80. The molecule has 2 aromatic carbocycles. The third-order valence-corrected chi connectivity index (χ3v) is 7.11. The van der Waals surface area contributed by atoms with Gasteiger partial charge >= 0.3 is 0 Å². The fraction of sp³-hybridized carbons (Fsp3) is 0.500. The number of halogens is 1. The highest BCUT2D eigenvalue weighted by molar-refractivity contribution is 6.30. The lowest BCUT2D eigenvalue weighted by Crippen LogP contribution is -2.30. The molecule has 0 aromatic heterocycles. The van der Waals surface area contributed by atoms with Crippen molar-refractivity contribution in [3.05, 3.63) is 59.1 Å². The van der Waals surface area contributed by atoms with Crippen LogP contribution in [0.2, 0.25) is 5.02 Å². The molecule has 0 radical (unpaired) electrons. The molecule has 2 fully saturated rings. The zero-order chi connectivity index (χ0) is 17.2. The first-order valence-corrected chi connectivity index (χ1v) is 10.5. The Morgan fingerprint density at radius 3 is 2.04 bits per heavy atom. The Labute approximate surface area is 157 Å². The Hall–Kier alpha value is -1.27. The molecular formula is C24H29Cl. The van der Waals surface area contributed by atoms with E-state index in [0.29, 0.717) is 0 Å². The van der Waals surface area contributed by atoms with Crippen LogP contribution in [0.3, 0.4) is 0 Å². The zero-order valence-electron chi connectivity index (χ0n) is 15.3. The van der Waals surface area contributed by atoms with Crippen molar-refractivity contribution in [1.29, 1.82) is 0 Å². The van der Waals surface area contributed by atoms with Gasteiger partial charge in [-0.2, -0.15) is 0 Å². The molecule has 2 aromatic rings. The second-order valence-electron chi connectivity index (χ2n) is 8.25. The summed E-state index contributed by atoms with van der Waals surface area (Å²) in [6, 6.07) is 17.5. The average molecular weight is 353 g/mol. The number of fused-ring (bicyclic) bond motifs is 1. The van der Waals surface area contributed by atoms with Gasteiger partial charge in [-0.1, -0.05) is 67.8 Å². The molecule has 0 saturated heterocycles. The summed E-state index contributed by atoms with van der Waals surface area (Å²) in [6.45, 7) is 2.37. The molecule has 2 saturated carbocycles. The quantitative estimate of drug-likeness (QED) is 0.530. The maximum absolute atomic E-state index is 6.00. The first-order chi connectivity index (χ1) is 12.2. The summed E-state index contributed by atoms with van der Waals surface area (Å²) in [5.74, 6) is 3.79. The van der Waals surface area contributed by atoms with Crippen molar-refractivity contribution in [1.82, 2.24) is 0 Å². The van der Waals surface area contributed by atoms with Gasteiger partial charge in [0.05, 0.1) is 0 Å². The molecule has 0 nitrogen and oxygen atoms in total. The lowest BCUT2D eigenvalue weighted by molar-refractivity contribution is 0.116. The molecule has 1 heteroatoms. The van der Waals surface area contributed by atoms with Crippen molar-refractivity contribution in [2.24, 2.45) is 17.8 Å². The van der Waals surface area contributed by atoms with Crippen molar-refractivity contribution in [2.45, 2.75) is 57.8 Å². The Morgan fingerprint density at radius 1 is 0.760 bits per heavy atom. The molecule has 0 amide bonds. The van der Waals surface area contributed by atoms with Gasteiger partial charge in [-0.25, -0.2) is 0 Å². The van der Waals surface area contributed by atoms with Crippen molar-refractivity contribution in [3.8, 4) is 11.1 Å². The molecule has 0 bridgehead atoms. The van der Waals surface area contributed by atoms with Crippen molar-refractivity contribution >= 4 is 11.6 Å². The van der Waals surface area contributed by atoms with Gasteiger partial charge in [0, 0.05) is 5.02 Å². The van der Waals surface area contributed by atoms with Crippen molar-refractivity contribution < 1.29 is 0 Å².